The van der Waals surface area contributed by atoms with Gasteiger partial charge in [-0.1, -0.05) is 12.8 Å². The maximum atomic E-state index is 12.7. The highest BCUT2D eigenvalue weighted by Crippen LogP contribution is 2.41. The van der Waals surface area contributed by atoms with E-state index in [9.17, 15) is 10.1 Å². The Kier molecular flexibility index (Phi) is 3.42. The van der Waals surface area contributed by atoms with E-state index in [1.165, 1.54) is 6.42 Å². The Morgan fingerprint density at radius 3 is 2.18 bits per heavy atom. The summed E-state index contributed by atoms with van der Waals surface area (Å²) < 4.78 is 0. The zero-order valence-electron chi connectivity index (χ0n) is 10.9. The predicted molar refractivity (Wildman–Crippen MR) is 66.1 cm³/mol. The molecule has 94 valence electrons. The lowest BCUT2D eigenvalue weighted by atomic mass is 9.84. The highest BCUT2D eigenvalue weighted by Gasteiger charge is 2.46. The van der Waals surface area contributed by atoms with Gasteiger partial charge in [-0.2, -0.15) is 5.26 Å². The first-order valence-electron chi connectivity index (χ1n) is 6.85. The molecule has 1 saturated carbocycles. The van der Waals surface area contributed by atoms with Crippen LogP contribution in [0.2, 0.25) is 0 Å². The van der Waals surface area contributed by atoms with E-state index in [0.717, 1.165) is 38.5 Å². The van der Waals surface area contributed by atoms with Gasteiger partial charge in [0.05, 0.1) is 6.07 Å². The van der Waals surface area contributed by atoms with Gasteiger partial charge in [0, 0.05) is 12.1 Å². The summed E-state index contributed by atoms with van der Waals surface area (Å²) in [4.78, 5) is 14.7. The molecule has 0 aromatic heterocycles. The molecule has 1 aliphatic heterocycles. The quantitative estimate of drug-likeness (QED) is 0.700. The second-order valence-electron chi connectivity index (χ2n) is 5.74. The van der Waals surface area contributed by atoms with Gasteiger partial charge < -0.3 is 4.90 Å². The number of carbonyl (C=O) groups excluding carboxylic acids is 1. The summed E-state index contributed by atoms with van der Waals surface area (Å²) in [7, 11) is 0. The second-order valence-corrected chi connectivity index (χ2v) is 5.74. The van der Waals surface area contributed by atoms with Crippen LogP contribution in [0.5, 0.6) is 0 Å². The van der Waals surface area contributed by atoms with Crippen molar-refractivity contribution in [3.63, 3.8) is 0 Å². The Labute approximate surface area is 104 Å². The number of hydrogen-bond donors (Lipinski definition) is 0. The first kappa shape index (κ1) is 12.4. The van der Waals surface area contributed by atoms with E-state index in [1.54, 1.807) is 0 Å². The molecule has 0 spiro atoms. The molecule has 0 radical (unpaired) electrons. The fourth-order valence-corrected chi connectivity index (χ4v) is 3.42. The van der Waals surface area contributed by atoms with E-state index in [-0.39, 0.29) is 5.91 Å². The number of likely N-dealkylation sites (tertiary alicyclic amines) is 1. The van der Waals surface area contributed by atoms with E-state index in [4.69, 9.17) is 0 Å². The van der Waals surface area contributed by atoms with Gasteiger partial charge in [0.25, 0.3) is 0 Å². The maximum absolute atomic E-state index is 12.7. The van der Waals surface area contributed by atoms with Gasteiger partial charge in [-0.15, -0.1) is 0 Å². The van der Waals surface area contributed by atoms with Crippen LogP contribution >= 0.6 is 0 Å². The third-order valence-corrected chi connectivity index (χ3v) is 4.51. The molecule has 2 rings (SSSR count). The van der Waals surface area contributed by atoms with E-state index in [2.05, 4.69) is 19.9 Å². The van der Waals surface area contributed by atoms with Crippen LogP contribution in [-0.2, 0) is 4.79 Å². The topological polar surface area (TPSA) is 44.1 Å². The molecule has 2 atom stereocenters. The van der Waals surface area contributed by atoms with Crippen LogP contribution in [-0.4, -0.2) is 22.9 Å². The summed E-state index contributed by atoms with van der Waals surface area (Å²) in [6.45, 7) is 4.24. The molecule has 1 saturated heterocycles. The van der Waals surface area contributed by atoms with Crippen LogP contribution < -0.4 is 0 Å². The molecule has 1 heterocycles. The van der Waals surface area contributed by atoms with Gasteiger partial charge in [0.15, 0.2) is 0 Å². The maximum Gasteiger partial charge on any atom is 0.243 e. The third kappa shape index (κ3) is 2.06. The lowest BCUT2D eigenvalue weighted by molar-refractivity contribution is -0.145. The van der Waals surface area contributed by atoms with Gasteiger partial charge >= 0.3 is 0 Å². The standard InChI is InChI=1S/C14H22N2O/c1-11-6-5-7-12(2)16(11)13(17)14(10-15)8-3-4-9-14/h11-12H,3-9H2,1-2H3. The van der Waals surface area contributed by atoms with Gasteiger partial charge in [-0.25, -0.2) is 0 Å². The molecule has 1 amide bonds. The molecule has 2 unspecified atom stereocenters. The van der Waals surface area contributed by atoms with Crippen LogP contribution in [0, 0.1) is 16.7 Å². The summed E-state index contributed by atoms with van der Waals surface area (Å²) in [5.74, 6) is 0.109. The van der Waals surface area contributed by atoms with Gasteiger partial charge in [0.1, 0.15) is 5.41 Å². The zero-order chi connectivity index (χ0) is 12.5. The van der Waals surface area contributed by atoms with Crippen molar-refractivity contribution >= 4 is 5.91 Å². The van der Waals surface area contributed by atoms with Gasteiger partial charge in [-0.05, 0) is 46.0 Å². The summed E-state index contributed by atoms with van der Waals surface area (Å²) in [6, 6.07) is 2.93. The first-order valence-corrected chi connectivity index (χ1v) is 6.85. The number of nitriles is 1. The monoisotopic (exact) mass is 234 g/mol. The van der Waals surface area contributed by atoms with Crippen LogP contribution in [0.3, 0.4) is 0 Å². The molecule has 3 heteroatoms. The molecule has 0 bridgehead atoms. The summed E-state index contributed by atoms with van der Waals surface area (Å²) in [6.07, 6.45) is 6.93. The third-order valence-electron chi connectivity index (χ3n) is 4.51. The highest BCUT2D eigenvalue weighted by molar-refractivity contribution is 5.86. The zero-order valence-corrected chi connectivity index (χ0v) is 10.9. The van der Waals surface area contributed by atoms with Crippen LogP contribution in [0.1, 0.15) is 58.8 Å². The fraction of sp³-hybridized carbons (Fsp3) is 0.857. The van der Waals surface area contributed by atoms with Crippen molar-refractivity contribution in [2.24, 2.45) is 5.41 Å². The Balaban J connectivity index is 2.20. The largest absolute Gasteiger partial charge is 0.336 e. The van der Waals surface area contributed by atoms with Gasteiger partial charge in [-0.3, -0.25) is 4.79 Å². The number of nitrogens with zero attached hydrogens (tertiary/aromatic N) is 2. The predicted octanol–water partition coefficient (Wildman–Crippen LogP) is 2.86. The smallest absolute Gasteiger partial charge is 0.243 e. The number of hydrogen-bond acceptors (Lipinski definition) is 2. The van der Waals surface area contributed by atoms with Crippen LogP contribution in [0.4, 0.5) is 0 Å². The molecule has 3 nitrogen and oxygen atoms in total. The summed E-state index contributed by atoms with van der Waals surface area (Å²) in [5, 5.41) is 9.39. The molecule has 0 N–H and O–H groups in total. The van der Waals surface area contributed by atoms with Crippen LogP contribution in [0.15, 0.2) is 0 Å². The van der Waals surface area contributed by atoms with Crippen molar-refractivity contribution in [3.8, 4) is 6.07 Å². The molecular weight excluding hydrogens is 212 g/mol. The lowest BCUT2D eigenvalue weighted by Gasteiger charge is -2.42. The number of rotatable bonds is 1. The Morgan fingerprint density at radius 1 is 1.18 bits per heavy atom. The van der Waals surface area contributed by atoms with E-state index < -0.39 is 5.41 Å². The molecule has 2 aliphatic rings. The minimum absolute atomic E-state index is 0.109. The molecule has 17 heavy (non-hydrogen) atoms. The highest BCUT2D eigenvalue weighted by atomic mass is 16.2. The SMILES string of the molecule is CC1CCCC(C)N1C(=O)C1(C#N)CCCC1. The lowest BCUT2D eigenvalue weighted by Crippen LogP contribution is -2.52. The average molecular weight is 234 g/mol. The van der Waals surface area contributed by atoms with Crippen molar-refractivity contribution in [3.05, 3.63) is 0 Å². The van der Waals surface area contributed by atoms with Crippen molar-refractivity contribution in [1.29, 1.82) is 5.26 Å². The Bertz CT molecular complexity index is 329. The number of carbonyl (C=O) groups is 1. The van der Waals surface area contributed by atoms with E-state index in [1.807, 2.05) is 4.90 Å². The molecule has 1 aliphatic carbocycles. The first-order chi connectivity index (χ1) is 8.10. The van der Waals surface area contributed by atoms with E-state index in [0.29, 0.717) is 12.1 Å². The Morgan fingerprint density at radius 2 is 1.71 bits per heavy atom. The van der Waals surface area contributed by atoms with Crippen molar-refractivity contribution in [1.82, 2.24) is 4.90 Å². The summed E-state index contributed by atoms with van der Waals surface area (Å²) >= 11 is 0. The minimum atomic E-state index is -0.695. The summed E-state index contributed by atoms with van der Waals surface area (Å²) in [5.41, 5.74) is -0.695. The van der Waals surface area contributed by atoms with Gasteiger partial charge in [0.2, 0.25) is 5.91 Å². The van der Waals surface area contributed by atoms with Crippen molar-refractivity contribution < 1.29 is 4.79 Å². The normalized spacial score (nSPS) is 32.2. The average Bonchev–Trinajstić information content (AvgIpc) is 2.78. The fourth-order valence-electron chi connectivity index (χ4n) is 3.42. The minimum Gasteiger partial charge on any atom is -0.336 e. The Hall–Kier alpha value is -1.04. The van der Waals surface area contributed by atoms with E-state index >= 15 is 0 Å². The number of piperidine rings is 1. The second kappa shape index (κ2) is 4.68. The van der Waals surface area contributed by atoms with Crippen LogP contribution in [0.25, 0.3) is 0 Å². The number of amides is 1. The molecule has 2 fully saturated rings. The van der Waals surface area contributed by atoms with Crippen molar-refractivity contribution in [2.75, 3.05) is 0 Å². The van der Waals surface area contributed by atoms with Crippen molar-refractivity contribution in [2.45, 2.75) is 70.9 Å². The molecular formula is C14H22N2O. The molecule has 0 aromatic carbocycles. The molecule has 0 aromatic rings.